The van der Waals surface area contributed by atoms with Crippen LogP contribution in [-0.2, 0) is 4.79 Å². The molecule has 1 saturated heterocycles. The van der Waals surface area contributed by atoms with Gasteiger partial charge in [0.05, 0.1) is 5.54 Å². The van der Waals surface area contributed by atoms with Crippen LogP contribution in [0.3, 0.4) is 0 Å². The molecule has 2 N–H and O–H groups in total. The number of likely N-dealkylation sites (tertiary alicyclic amines) is 1. The molecular formula is C10H18N2O. The smallest absolute Gasteiger partial charge is 0.242 e. The minimum absolute atomic E-state index is 0.194. The minimum atomic E-state index is -0.467. The first kappa shape index (κ1) is 9.00. The third-order valence-electron chi connectivity index (χ3n) is 3.28. The van der Waals surface area contributed by atoms with E-state index in [4.69, 9.17) is 5.73 Å². The van der Waals surface area contributed by atoms with Gasteiger partial charge in [-0.3, -0.25) is 4.79 Å². The normalized spacial score (nSPS) is 31.5. The highest BCUT2D eigenvalue weighted by Gasteiger charge is 2.49. The predicted molar refractivity (Wildman–Crippen MR) is 51.2 cm³/mol. The summed E-state index contributed by atoms with van der Waals surface area (Å²) in [6.45, 7) is 3.04. The summed E-state index contributed by atoms with van der Waals surface area (Å²) in [5.41, 5.74) is 5.43. The Morgan fingerprint density at radius 2 is 2.15 bits per heavy atom. The van der Waals surface area contributed by atoms with Crippen LogP contribution in [0, 0.1) is 0 Å². The molecule has 1 unspecified atom stereocenters. The minimum Gasteiger partial charge on any atom is -0.338 e. The van der Waals surface area contributed by atoms with Gasteiger partial charge >= 0.3 is 0 Å². The van der Waals surface area contributed by atoms with E-state index < -0.39 is 5.54 Å². The highest BCUT2D eigenvalue weighted by Crippen LogP contribution is 2.35. The fourth-order valence-corrected chi connectivity index (χ4v) is 2.03. The van der Waals surface area contributed by atoms with Crippen LogP contribution in [-0.4, -0.2) is 28.9 Å². The zero-order valence-corrected chi connectivity index (χ0v) is 8.25. The van der Waals surface area contributed by atoms with Gasteiger partial charge in [0, 0.05) is 12.6 Å². The van der Waals surface area contributed by atoms with Gasteiger partial charge in [-0.1, -0.05) is 0 Å². The van der Waals surface area contributed by atoms with E-state index in [1.54, 1.807) is 0 Å². The average molecular weight is 182 g/mol. The molecule has 0 aromatic carbocycles. The second-order valence-corrected chi connectivity index (χ2v) is 4.50. The quantitative estimate of drug-likeness (QED) is 0.654. The number of rotatable bonds is 1. The number of hydrogen-bond acceptors (Lipinski definition) is 2. The number of amides is 1. The van der Waals surface area contributed by atoms with Crippen molar-refractivity contribution >= 4 is 5.91 Å². The Kier molecular flexibility index (Phi) is 2.06. The number of carbonyl (C=O) groups is 1. The van der Waals surface area contributed by atoms with Gasteiger partial charge in [-0.25, -0.2) is 0 Å². The molecule has 3 heteroatoms. The number of piperidine rings is 1. The van der Waals surface area contributed by atoms with Gasteiger partial charge in [0.15, 0.2) is 0 Å². The zero-order valence-electron chi connectivity index (χ0n) is 8.25. The van der Waals surface area contributed by atoms with Gasteiger partial charge in [-0.2, -0.15) is 0 Å². The van der Waals surface area contributed by atoms with Crippen molar-refractivity contribution in [1.82, 2.24) is 4.90 Å². The van der Waals surface area contributed by atoms with Gasteiger partial charge in [-0.05, 0) is 39.0 Å². The van der Waals surface area contributed by atoms with Crippen LogP contribution < -0.4 is 5.73 Å². The standard InChI is InChI=1S/C10H18N2O/c1-8-4-2-3-7-12(8)9(13)10(11)5-6-10/h8H,2-7,11H2,1H3. The Morgan fingerprint density at radius 1 is 1.46 bits per heavy atom. The molecule has 74 valence electrons. The van der Waals surface area contributed by atoms with E-state index in [1.807, 2.05) is 4.90 Å². The molecule has 0 bridgehead atoms. The fraction of sp³-hybridized carbons (Fsp3) is 0.900. The zero-order chi connectivity index (χ0) is 9.47. The summed E-state index contributed by atoms with van der Waals surface area (Å²) < 4.78 is 0. The van der Waals surface area contributed by atoms with Crippen molar-refractivity contribution in [2.24, 2.45) is 5.73 Å². The molecule has 0 spiro atoms. The molecule has 1 saturated carbocycles. The second kappa shape index (κ2) is 2.98. The first-order valence-corrected chi connectivity index (χ1v) is 5.23. The molecule has 1 aliphatic heterocycles. The highest BCUT2D eigenvalue weighted by atomic mass is 16.2. The molecular weight excluding hydrogens is 164 g/mol. The van der Waals surface area contributed by atoms with Crippen molar-refractivity contribution in [3.05, 3.63) is 0 Å². The van der Waals surface area contributed by atoms with E-state index in [0.29, 0.717) is 6.04 Å². The van der Waals surface area contributed by atoms with E-state index in [0.717, 1.165) is 32.2 Å². The topological polar surface area (TPSA) is 46.3 Å². The van der Waals surface area contributed by atoms with Crippen molar-refractivity contribution < 1.29 is 4.79 Å². The van der Waals surface area contributed by atoms with E-state index in [9.17, 15) is 4.79 Å². The summed E-state index contributed by atoms with van der Waals surface area (Å²) in [7, 11) is 0. The summed E-state index contributed by atoms with van der Waals surface area (Å²) in [6, 6.07) is 0.405. The van der Waals surface area contributed by atoms with Crippen LogP contribution in [0.25, 0.3) is 0 Å². The van der Waals surface area contributed by atoms with Crippen LogP contribution in [0.4, 0.5) is 0 Å². The van der Waals surface area contributed by atoms with Gasteiger partial charge < -0.3 is 10.6 Å². The molecule has 13 heavy (non-hydrogen) atoms. The second-order valence-electron chi connectivity index (χ2n) is 4.50. The number of nitrogens with two attached hydrogens (primary N) is 1. The predicted octanol–water partition coefficient (Wildman–Crippen LogP) is 0.879. The monoisotopic (exact) mass is 182 g/mol. The van der Waals surface area contributed by atoms with Crippen molar-refractivity contribution in [1.29, 1.82) is 0 Å². The van der Waals surface area contributed by atoms with E-state index in [2.05, 4.69) is 6.92 Å². The van der Waals surface area contributed by atoms with Crippen LogP contribution >= 0.6 is 0 Å². The summed E-state index contributed by atoms with van der Waals surface area (Å²) in [5, 5.41) is 0. The van der Waals surface area contributed by atoms with E-state index >= 15 is 0 Å². The Morgan fingerprint density at radius 3 is 2.69 bits per heavy atom. The molecule has 1 heterocycles. The lowest BCUT2D eigenvalue weighted by molar-refractivity contribution is -0.136. The average Bonchev–Trinajstić information content (AvgIpc) is 2.85. The summed E-state index contributed by atoms with van der Waals surface area (Å²) in [6.07, 6.45) is 5.31. The maximum Gasteiger partial charge on any atom is 0.242 e. The van der Waals surface area contributed by atoms with Crippen LogP contribution in [0.5, 0.6) is 0 Å². The van der Waals surface area contributed by atoms with Crippen molar-refractivity contribution in [2.45, 2.75) is 50.6 Å². The lowest BCUT2D eigenvalue weighted by Gasteiger charge is -2.35. The van der Waals surface area contributed by atoms with Crippen LogP contribution in [0.1, 0.15) is 39.0 Å². The summed E-state index contributed by atoms with van der Waals surface area (Å²) in [4.78, 5) is 13.9. The Bertz CT molecular complexity index is 223. The molecule has 1 atom stereocenters. The summed E-state index contributed by atoms with van der Waals surface area (Å²) >= 11 is 0. The third kappa shape index (κ3) is 1.57. The van der Waals surface area contributed by atoms with Gasteiger partial charge in [0.1, 0.15) is 0 Å². The maximum atomic E-state index is 11.9. The Balaban J connectivity index is 2.02. The lowest BCUT2D eigenvalue weighted by Crippen LogP contribution is -2.51. The first-order chi connectivity index (χ1) is 6.13. The fourth-order valence-electron chi connectivity index (χ4n) is 2.03. The molecule has 1 aliphatic carbocycles. The lowest BCUT2D eigenvalue weighted by atomic mass is 10.0. The number of carbonyl (C=O) groups excluding carboxylic acids is 1. The molecule has 0 radical (unpaired) electrons. The Hall–Kier alpha value is -0.570. The molecule has 0 aromatic heterocycles. The SMILES string of the molecule is CC1CCCCN1C(=O)C1(N)CC1. The number of hydrogen-bond donors (Lipinski definition) is 1. The first-order valence-electron chi connectivity index (χ1n) is 5.23. The van der Waals surface area contributed by atoms with Gasteiger partial charge in [-0.15, -0.1) is 0 Å². The third-order valence-corrected chi connectivity index (χ3v) is 3.28. The summed E-state index contributed by atoms with van der Waals surface area (Å²) in [5.74, 6) is 0.194. The molecule has 0 aromatic rings. The van der Waals surface area contributed by atoms with E-state index in [-0.39, 0.29) is 5.91 Å². The largest absolute Gasteiger partial charge is 0.338 e. The molecule has 1 amide bonds. The maximum absolute atomic E-state index is 11.9. The Labute approximate surface area is 79.3 Å². The van der Waals surface area contributed by atoms with Crippen molar-refractivity contribution in [3.8, 4) is 0 Å². The highest BCUT2D eigenvalue weighted by molar-refractivity contribution is 5.89. The number of nitrogens with zero attached hydrogens (tertiary/aromatic N) is 1. The molecule has 3 nitrogen and oxygen atoms in total. The van der Waals surface area contributed by atoms with Gasteiger partial charge in [0.25, 0.3) is 0 Å². The molecule has 2 fully saturated rings. The van der Waals surface area contributed by atoms with Crippen molar-refractivity contribution in [3.63, 3.8) is 0 Å². The van der Waals surface area contributed by atoms with Crippen LogP contribution in [0.2, 0.25) is 0 Å². The van der Waals surface area contributed by atoms with E-state index in [1.165, 1.54) is 6.42 Å². The van der Waals surface area contributed by atoms with Crippen molar-refractivity contribution in [2.75, 3.05) is 6.54 Å². The molecule has 2 rings (SSSR count). The molecule has 2 aliphatic rings. The van der Waals surface area contributed by atoms with Crippen LogP contribution in [0.15, 0.2) is 0 Å². The van der Waals surface area contributed by atoms with Gasteiger partial charge in [0.2, 0.25) is 5.91 Å².